The van der Waals surface area contributed by atoms with E-state index in [0.717, 1.165) is 92.6 Å². The summed E-state index contributed by atoms with van der Waals surface area (Å²) in [4.78, 5) is 23.9. The zero-order chi connectivity index (χ0) is 32.9. The minimum Gasteiger partial charge on any atom is -0.386 e. The van der Waals surface area contributed by atoms with Crippen LogP contribution < -0.4 is 26.7 Å². The van der Waals surface area contributed by atoms with Crippen molar-refractivity contribution in [1.29, 1.82) is 0 Å². The Balaban J connectivity index is 1.24. The second-order valence-electron chi connectivity index (χ2n) is 14.1. The number of dihydropyridines is 1. The van der Waals surface area contributed by atoms with Gasteiger partial charge < -0.3 is 35.5 Å². The van der Waals surface area contributed by atoms with E-state index in [0.29, 0.717) is 24.2 Å². The van der Waals surface area contributed by atoms with E-state index in [1.165, 1.54) is 6.07 Å². The van der Waals surface area contributed by atoms with Gasteiger partial charge in [-0.15, -0.1) is 0 Å². The number of methoxy groups -OCH3 is 1. The van der Waals surface area contributed by atoms with Crippen molar-refractivity contribution in [2.75, 3.05) is 71.4 Å². The molecule has 1 aromatic carbocycles. The number of halogens is 1. The number of anilines is 1. The van der Waals surface area contributed by atoms with Crippen LogP contribution in [0.5, 0.6) is 0 Å². The summed E-state index contributed by atoms with van der Waals surface area (Å²) in [7, 11) is 3.80. The minimum absolute atomic E-state index is 0.0289. The molecular formula is C35H49FN8O2S. The molecule has 2 fully saturated rings. The van der Waals surface area contributed by atoms with Crippen molar-refractivity contribution in [2.45, 2.75) is 67.9 Å². The third-order valence-corrected chi connectivity index (χ3v) is 12.1. The molecule has 1 aromatic heterocycles. The average Bonchev–Trinajstić information content (AvgIpc) is 3.07. The van der Waals surface area contributed by atoms with Gasteiger partial charge in [0.15, 0.2) is 5.43 Å². The third kappa shape index (κ3) is 6.30. The lowest BCUT2D eigenvalue weighted by Gasteiger charge is -2.49. The molecule has 47 heavy (non-hydrogen) atoms. The van der Waals surface area contributed by atoms with Gasteiger partial charge in [0.1, 0.15) is 12.0 Å². The normalized spacial score (nSPS) is 28.4. The fraction of sp³-hybridized carbons (Fsp3) is 0.571. The van der Waals surface area contributed by atoms with Crippen LogP contribution in [-0.2, 0) is 11.3 Å². The van der Waals surface area contributed by atoms with Gasteiger partial charge in [-0.2, -0.15) is 0 Å². The summed E-state index contributed by atoms with van der Waals surface area (Å²) in [6, 6.07) is 3.67. The second-order valence-corrected chi connectivity index (χ2v) is 15.4. The highest BCUT2D eigenvalue weighted by molar-refractivity contribution is 8.00. The number of hydrogen-bond donors (Lipinski definition) is 3. The molecule has 0 amide bonds. The van der Waals surface area contributed by atoms with E-state index in [1.807, 2.05) is 12.3 Å². The number of thioether (sulfide) groups is 1. The molecule has 4 atom stereocenters. The summed E-state index contributed by atoms with van der Waals surface area (Å²) in [5.74, 6) is 0.438. The van der Waals surface area contributed by atoms with Crippen molar-refractivity contribution in [2.24, 2.45) is 5.73 Å². The second kappa shape index (κ2) is 13.1. The van der Waals surface area contributed by atoms with Gasteiger partial charge >= 0.3 is 0 Å². The molecule has 5 aliphatic rings. The van der Waals surface area contributed by atoms with E-state index in [1.54, 1.807) is 18.9 Å². The molecule has 2 saturated heterocycles. The van der Waals surface area contributed by atoms with Crippen molar-refractivity contribution in [3.63, 3.8) is 0 Å². The Kier molecular flexibility index (Phi) is 9.07. The summed E-state index contributed by atoms with van der Waals surface area (Å²) in [6.45, 7) is 11.7. The number of nitrogens with two attached hydrogens (primary N) is 1. The van der Waals surface area contributed by atoms with Gasteiger partial charge in [0, 0.05) is 82.0 Å². The van der Waals surface area contributed by atoms with Crippen molar-refractivity contribution in [3.05, 3.63) is 69.6 Å². The maximum absolute atomic E-state index is 15.8. The number of pyridine rings is 1. The summed E-state index contributed by atoms with van der Waals surface area (Å²) < 4.78 is 23.7. The monoisotopic (exact) mass is 664 g/mol. The Bertz CT molecular complexity index is 1670. The first-order valence-corrected chi connectivity index (χ1v) is 17.9. The average molecular weight is 665 g/mol. The number of ether oxygens (including phenoxy) is 1. The van der Waals surface area contributed by atoms with Gasteiger partial charge in [0.05, 0.1) is 27.4 Å². The maximum atomic E-state index is 15.8. The van der Waals surface area contributed by atoms with E-state index >= 15 is 4.39 Å². The van der Waals surface area contributed by atoms with Crippen LogP contribution in [0.3, 0.4) is 0 Å². The van der Waals surface area contributed by atoms with Gasteiger partial charge in [-0.05, 0) is 88.8 Å². The number of nitrogens with zero attached hydrogens (tertiary/aromatic N) is 5. The number of likely N-dealkylation sites (N-methyl/N-ethyl adjacent to an activating group) is 1. The molecule has 254 valence electrons. The molecule has 0 radical (unpaired) electrons. The number of nitrogens with one attached hydrogen (secondary N) is 2. The number of likely N-dealkylation sites (tertiary alicyclic amines) is 1. The molecule has 10 nitrogen and oxygen atoms in total. The van der Waals surface area contributed by atoms with Gasteiger partial charge in [0.25, 0.3) is 0 Å². The smallest absolute Gasteiger partial charge is 0.195 e. The van der Waals surface area contributed by atoms with Crippen molar-refractivity contribution >= 4 is 28.4 Å². The number of fused-ring (bicyclic) bond motifs is 3. The van der Waals surface area contributed by atoms with Crippen LogP contribution in [0.25, 0.3) is 10.9 Å². The number of piperazine rings is 1. The number of rotatable bonds is 8. The number of aromatic nitrogens is 1. The quantitative estimate of drug-likeness (QED) is 0.390. The van der Waals surface area contributed by atoms with Crippen molar-refractivity contribution < 1.29 is 9.13 Å². The molecule has 4 unspecified atom stereocenters. The maximum Gasteiger partial charge on any atom is 0.195 e. The van der Waals surface area contributed by atoms with E-state index in [9.17, 15) is 4.79 Å². The van der Waals surface area contributed by atoms with Gasteiger partial charge in [-0.3, -0.25) is 14.6 Å². The first-order chi connectivity index (χ1) is 22.6. The van der Waals surface area contributed by atoms with Crippen LogP contribution in [-0.4, -0.2) is 104 Å². The molecule has 12 heteroatoms. The summed E-state index contributed by atoms with van der Waals surface area (Å²) in [5.41, 5.74) is 9.33. The Morgan fingerprint density at radius 3 is 2.72 bits per heavy atom. The summed E-state index contributed by atoms with van der Waals surface area (Å²) in [5, 5.41) is 8.26. The van der Waals surface area contributed by atoms with Crippen molar-refractivity contribution in [3.8, 4) is 0 Å². The van der Waals surface area contributed by atoms with Crippen LogP contribution in [0.1, 0.15) is 44.0 Å². The molecule has 0 saturated carbocycles. The summed E-state index contributed by atoms with van der Waals surface area (Å²) >= 11 is 1.74. The molecule has 0 spiro atoms. The lowest BCUT2D eigenvalue weighted by Crippen LogP contribution is -2.60. The fourth-order valence-electron chi connectivity index (χ4n) is 7.82. The molecular weight excluding hydrogens is 616 g/mol. The Morgan fingerprint density at radius 1 is 1.19 bits per heavy atom. The Morgan fingerprint density at radius 2 is 2.00 bits per heavy atom. The lowest BCUT2D eigenvalue weighted by molar-refractivity contribution is 0.0260. The van der Waals surface area contributed by atoms with Crippen molar-refractivity contribution in [1.82, 2.24) is 29.9 Å². The van der Waals surface area contributed by atoms with E-state index in [-0.39, 0.29) is 34.4 Å². The molecule has 0 bridgehead atoms. The third-order valence-electron chi connectivity index (χ3n) is 10.8. The van der Waals surface area contributed by atoms with Crippen LogP contribution in [0.4, 0.5) is 10.1 Å². The summed E-state index contributed by atoms with van der Waals surface area (Å²) in [6.07, 6.45) is 11.1. The van der Waals surface area contributed by atoms with E-state index in [4.69, 9.17) is 10.5 Å². The number of benzene rings is 1. The van der Waals surface area contributed by atoms with Crippen LogP contribution in [0.2, 0.25) is 0 Å². The van der Waals surface area contributed by atoms with E-state index in [2.05, 4.69) is 73.9 Å². The largest absolute Gasteiger partial charge is 0.386 e. The van der Waals surface area contributed by atoms with Crippen LogP contribution in [0, 0.1) is 5.82 Å². The molecule has 5 aliphatic heterocycles. The van der Waals surface area contributed by atoms with E-state index < -0.39 is 0 Å². The van der Waals surface area contributed by atoms with Crippen LogP contribution >= 0.6 is 11.8 Å². The van der Waals surface area contributed by atoms with Gasteiger partial charge in [-0.25, -0.2) is 4.39 Å². The first kappa shape index (κ1) is 32.5. The predicted molar refractivity (Wildman–Crippen MR) is 188 cm³/mol. The lowest BCUT2D eigenvalue weighted by atomic mass is 9.89. The minimum atomic E-state index is -0.315. The highest BCUT2D eigenvalue weighted by Crippen LogP contribution is 2.47. The predicted octanol–water partition coefficient (Wildman–Crippen LogP) is 3.35. The van der Waals surface area contributed by atoms with Crippen LogP contribution in [0.15, 0.2) is 57.8 Å². The number of hydrogen-bond acceptors (Lipinski definition) is 10. The van der Waals surface area contributed by atoms with Gasteiger partial charge in [0.2, 0.25) is 0 Å². The standard InChI is InChI=1S/C35H49FN8O2S/c1-23-44-29-18-30(41-14-12-40(3)13-15-41)28(36)17-26(29)33(45)27(34(44)47-23)21-42(19-24-8-10-38-32(16-24)46-4)25-6-5-11-43(20-25)35(2)9-7-31(37)39-22-35/h7-8,10,16-18,23,25,32,38-39H,5-6,9,11-15,19-22,37H2,1-4H3. The highest BCUT2D eigenvalue weighted by atomic mass is 32.2. The molecule has 4 N–H and O–H groups in total. The number of piperidine rings is 1. The SMILES string of the molecule is COC1C=C(CN(Cc2c3n(c4cc(N5CCN(C)CC5)c(F)cc4c2=O)C(C)S3)C2CCCN(C3(C)CC=C(N)NC3)C2)C=CN1. The zero-order valence-corrected chi connectivity index (χ0v) is 28.9. The molecule has 0 aliphatic carbocycles. The highest BCUT2D eigenvalue weighted by Gasteiger charge is 2.39. The van der Waals surface area contributed by atoms with Gasteiger partial charge in [-0.1, -0.05) is 11.8 Å². The topological polar surface area (TPSA) is 94.3 Å². The Hall–Kier alpha value is -3.03. The molecule has 6 heterocycles. The first-order valence-electron chi connectivity index (χ1n) is 17.0. The molecule has 7 rings (SSSR count). The zero-order valence-electron chi connectivity index (χ0n) is 28.1. The molecule has 2 aromatic rings. The fourth-order valence-corrected chi connectivity index (χ4v) is 8.98. The Labute approximate surface area is 281 Å².